The van der Waals surface area contributed by atoms with E-state index in [1.165, 1.54) is 0 Å². The molecule has 0 fully saturated rings. The van der Waals surface area contributed by atoms with Gasteiger partial charge in [-0.2, -0.15) is 0 Å². The molecular weight excluding hydrogens is 275 g/mol. The van der Waals surface area contributed by atoms with Gasteiger partial charge in [0.05, 0.1) is 12.2 Å². The normalized spacial score (nSPS) is 10.2. The number of benzene rings is 1. The van der Waals surface area contributed by atoms with Crippen LogP contribution in [0.3, 0.4) is 0 Å². The standard InChI is InChI=1S/C13H14Cl2O3/c1-2-18-13(17)12-9(8-15)4-3-5-10(12)11(16)6-7-14/h3-5H,2,6-8H2,1H3. The van der Waals surface area contributed by atoms with E-state index in [-0.39, 0.29) is 36.1 Å². The maximum absolute atomic E-state index is 11.9. The summed E-state index contributed by atoms with van der Waals surface area (Å²) in [6.45, 7) is 1.96. The zero-order valence-electron chi connectivity index (χ0n) is 10.0. The first-order valence-electron chi connectivity index (χ1n) is 5.59. The maximum Gasteiger partial charge on any atom is 0.339 e. The number of alkyl halides is 2. The fourth-order valence-corrected chi connectivity index (χ4v) is 2.00. The minimum absolute atomic E-state index is 0.149. The maximum atomic E-state index is 11.9. The second-order valence-corrected chi connectivity index (χ2v) is 4.20. The van der Waals surface area contributed by atoms with Gasteiger partial charge in [-0.3, -0.25) is 4.79 Å². The molecule has 1 aromatic rings. The number of rotatable bonds is 6. The van der Waals surface area contributed by atoms with Crippen LogP contribution in [-0.2, 0) is 10.6 Å². The molecule has 3 nitrogen and oxygen atoms in total. The molecule has 0 bridgehead atoms. The number of carbonyl (C=O) groups is 2. The lowest BCUT2D eigenvalue weighted by atomic mass is 9.97. The van der Waals surface area contributed by atoms with Gasteiger partial charge in [0.1, 0.15) is 0 Å². The summed E-state index contributed by atoms with van der Waals surface area (Å²) in [5, 5.41) is 0. The lowest BCUT2D eigenvalue weighted by Crippen LogP contribution is -2.14. The van der Waals surface area contributed by atoms with Crippen LogP contribution in [0.15, 0.2) is 18.2 Å². The fourth-order valence-electron chi connectivity index (χ4n) is 1.61. The predicted octanol–water partition coefficient (Wildman–Crippen LogP) is 3.41. The summed E-state index contributed by atoms with van der Waals surface area (Å²) >= 11 is 11.3. The third kappa shape index (κ3) is 3.47. The van der Waals surface area contributed by atoms with Gasteiger partial charge in [-0.15, -0.1) is 23.2 Å². The largest absolute Gasteiger partial charge is 0.462 e. The van der Waals surface area contributed by atoms with E-state index in [0.717, 1.165) is 0 Å². The van der Waals surface area contributed by atoms with Gasteiger partial charge in [-0.05, 0) is 12.5 Å². The lowest BCUT2D eigenvalue weighted by molar-refractivity contribution is 0.0522. The SMILES string of the molecule is CCOC(=O)c1c(CCl)cccc1C(=O)CCCl. The van der Waals surface area contributed by atoms with Crippen molar-refractivity contribution in [3.8, 4) is 0 Å². The Balaban J connectivity index is 3.24. The highest BCUT2D eigenvalue weighted by Crippen LogP contribution is 2.20. The first-order valence-corrected chi connectivity index (χ1v) is 6.66. The molecule has 0 spiro atoms. The number of hydrogen-bond acceptors (Lipinski definition) is 3. The second-order valence-electron chi connectivity index (χ2n) is 3.56. The van der Waals surface area contributed by atoms with Gasteiger partial charge in [0.2, 0.25) is 0 Å². The minimum Gasteiger partial charge on any atom is -0.462 e. The number of hydrogen-bond donors (Lipinski definition) is 0. The Morgan fingerprint density at radius 3 is 2.56 bits per heavy atom. The van der Waals surface area contributed by atoms with E-state index in [0.29, 0.717) is 11.1 Å². The van der Waals surface area contributed by atoms with Crippen molar-refractivity contribution < 1.29 is 14.3 Å². The van der Waals surface area contributed by atoms with Crippen LogP contribution >= 0.6 is 23.2 Å². The molecule has 1 rings (SSSR count). The molecule has 0 atom stereocenters. The van der Waals surface area contributed by atoms with Crippen molar-refractivity contribution >= 4 is 35.0 Å². The molecule has 0 aromatic heterocycles. The van der Waals surface area contributed by atoms with Gasteiger partial charge in [-0.25, -0.2) is 4.79 Å². The van der Waals surface area contributed by atoms with Gasteiger partial charge < -0.3 is 4.74 Å². The summed E-state index contributed by atoms with van der Waals surface area (Å²) in [7, 11) is 0. The fraction of sp³-hybridized carbons (Fsp3) is 0.385. The summed E-state index contributed by atoms with van der Waals surface area (Å²) in [6, 6.07) is 5.00. The van der Waals surface area contributed by atoms with E-state index in [4.69, 9.17) is 27.9 Å². The van der Waals surface area contributed by atoms with Crippen LogP contribution in [0.25, 0.3) is 0 Å². The zero-order valence-corrected chi connectivity index (χ0v) is 11.6. The number of ketones is 1. The van der Waals surface area contributed by atoms with Crippen molar-refractivity contribution in [1.29, 1.82) is 0 Å². The Bertz CT molecular complexity index is 444. The lowest BCUT2D eigenvalue weighted by Gasteiger charge is -2.11. The summed E-state index contributed by atoms with van der Waals surface area (Å²) < 4.78 is 4.96. The molecule has 0 N–H and O–H groups in total. The van der Waals surface area contributed by atoms with Gasteiger partial charge in [0, 0.05) is 23.7 Å². The van der Waals surface area contributed by atoms with Crippen molar-refractivity contribution in [3.05, 3.63) is 34.9 Å². The van der Waals surface area contributed by atoms with Gasteiger partial charge in [0.25, 0.3) is 0 Å². The minimum atomic E-state index is -0.522. The average molecular weight is 289 g/mol. The van der Waals surface area contributed by atoms with Gasteiger partial charge in [0.15, 0.2) is 5.78 Å². The van der Waals surface area contributed by atoms with Crippen LogP contribution in [0, 0.1) is 0 Å². The van der Waals surface area contributed by atoms with E-state index in [2.05, 4.69) is 0 Å². The quantitative estimate of drug-likeness (QED) is 0.458. The first-order chi connectivity index (χ1) is 8.65. The highest BCUT2D eigenvalue weighted by atomic mass is 35.5. The summed E-state index contributed by atoms with van der Waals surface area (Å²) in [5.41, 5.74) is 1.17. The molecule has 98 valence electrons. The van der Waals surface area contributed by atoms with Gasteiger partial charge in [-0.1, -0.05) is 18.2 Å². The van der Waals surface area contributed by atoms with Gasteiger partial charge >= 0.3 is 5.97 Å². The molecule has 0 amide bonds. The van der Waals surface area contributed by atoms with E-state index in [1.807, 2.05) is 0 Å². The molecule has 0 aliphatic rings. The van der Waals surface area contributed by atoms with Crippen molar-refractivity contribution in [3.63, 3.8) is 0 Å². The van der Waals surface area contributed by atoms with Crippen LogP contribution in [0.1, 0.15) is 39.6 Å². The van der Waals surface area contributed by atoms with Crippen LogP contribution in [0.5, 0.6) is 0 Å². The molecule has 5 heteroatoms. The molecule has 0 aliphatic carbocycles. The number of esters is 1. The van der Waals surface area contributed by atoms with E-state index in [1.54, 1.807) is 25.1 Å². The van der Waals surface area contributed by atoms with Crippen LogP contribution in [0.2, 0.25) is 0 Å². The Kier molecular flexibility index (Phi) is 6.16. The first kappa shape index (κ1) is 15.0. The highest BCUT2D eigenvalue weighted by molar-refractivity contribution is 6.20. The molecule has 0 unspecified atom stereocenters. The van der Waals surface area contributed by atoms with E-state index >= 15 is 0 Å². The predicted molar refractivity (Wildman–Crippen MR) is 71.6 cm³/mol. The van der Waals surface area contributed by atoms with Crippen molar-refractivity contribution in [2.45, 2.75) is 19.2 Å². The third-order valence-electron chi connectivity index (χ3n) is 2.40. The van der Waals surface area contributed by atoms with E-state index in [9.17, 15) is 9.59 Å². The zero-order chi connectivity index (χ0) is 13.5. The van der Waals surface area contributed by atoms with Crippen molar-refractivity contribution in [1.82, 2.24) is 0 Å². The number of carbonyl (C=O) groups excluding carboxylic acids is 2. The average Bonchev–Trinajstić information content (AvgIpc) is 2.38. The Labute approximate surface area is 116 Å². The molecule has 0 heterocycles. The molecule has 0 saturated carbocycles. The molecule has 0 radical (unpaired) electrons. The Morgan fingerprint density at radius 1 is 1.28 bits per heavy atom. The summed E-state index contributed by atoms with van der Waals surface area (Å²) in [6.07, 6.45) is 0.180. The highest BCUT2D eigenvalue weighted by Gasteiger charge is 2.20. The number of ether oxygens (including phenoxy) is 1. The topological polar surface area (TPSA) is 43.4 Å². The Morgan fingerprint density at radius 2 is 2.00 bits per heavy atom. The second kappa shape index (κ2) is 7.39. The van der Waals surface area contributed by atoms with E-state index < -0.39 is 5.97 Å². The molecule has 1 aromatic carbocycles. The Hall–Kier alpha value is -1.06. The molecular formula is C13H14Cl2O3. The number of Topliss-reactive ketones (excluding diaryl/α,β-unsaturated/α-hetero) is 1. The summed E-state index contributed by atoms with van der Waals surface area (Å²) in [4.78, 5) is 23.8. The molecule has 0 aliphatic heterocycles. The monoisotopic (exact) mass is 288 g/mol. The van der Waals surface area contributed by atoms with Crippen molar-refractivity contribution in [2.24, 2.45) is 0 Å². The number of halogens is 2. The van der Waals surface area contributed by atoms with Crippen LogP contribution in [0.4, 0.5) is 0 Å². The van der Waals surface area contributed by atoms with Crippen molar-refractivity contribution in [2.75, 3.05) is 12.5 Å². The smallest absolute Gasteiger partial charge is 0.339 e. The van der Waals surface area contributed by atoms with Crippen LogP contribution < -0.4 is 0 Å². The van der Waals surface area contributed by atoms with Crippen LogP contribution in [-0.4, -0.2) is 24.2 Å². The third-order valence-corrected chi connectivity index (χ3v) is 2.87. The molecule has 0 saturated heterocycles. The molecule has 18 heavy (non-hydrogen) atoms. The summed E-state index contributed by atoms with van der Waals surface area (Å²) in [5.74, 6) is -0.339.